The first-order chi connectivity index (χ1) is 16.7. The van der Waals surface area contributed by atoms with Crippen molar-refractivity contribution in [1.29, 1.82) is 0 Å². The molecule has 0 unspecified atom stereocenters. The Morgan fingerprint density at radius 3 is 2.82 bits per heavy atom. The van der Waals surface area contributed by atoms with Crippen LogP contribution in [0.25, 0.3) is 21.8 Å². The average molecular weight is 452 g/mol. The fourth-order valence-corrected chi connectivity index (χ4v) is 3.82. The van der Waals surface area contributed by atoms with Gasteiger partial charge in [0.2, 0.25) is 0 Å². The third-order valence-electron chi connectivity index (χ3n) is 5.39. The summed E-state index contributed by atoms with van der Waals surface area (Å²) in [5.74, 6) is -0.0642. The quantitative estimate of drug-likeness (QED) is 0.282. The number of hydrogen-bond donors (Lipinski definition) is 1. The minimum Gasteiger partial charge on any atom is -0.481 e. The number of fused-ring (bicyclic) bond motifs is 2. The van der Waals surface area contributed by atoms with Crippen molar-refractivity contribution in [3.05, 3.63) is 108 Å². The molecule has 0 saturated heterocycles. The smallest absolute Gasteiger partial charge is 0.277 e. The number of benzene rings is 3. The first kappa shape index (κ1) is 21.3. The van der Waals surface area contributed by atoms with Gasteiger partial charge in [0.25, 0.3) is 5.91 Å². The zero-order valence-electron chi connectivity index (χ0n) is 18.2. The van der Waals surface area contributed by atoms with E-state index in [-0.39, 0.29) is 18.3 Å². The summed E-state index contributed by atoms with van der Waals surface area (Å²) in [6, 6.07) is 23.8. The summed E-state index contributed by atoms with van der Waals surface area (Å²) in [4.78, 5) is 16.5. The van der Waals surface area contributed by atoms with Crippen LogP contribution in [0.4, 0.5) is 4.39 Å². The lowest BCUT2D eigenvalue weighted by Crippen LogP contribution is -2.24. The van der Waals surface area contributed by atoms with Crippen molar-refractivity contribution < 1.29 is 13.9 Å². The molecule has 34 heavy (non-hydrogen) atoms. The predicted octanol–water partition coefficient (Wildman–Crippen LogP) is 4.91. The van der Waals surface area contributed by atoms with Crippen LogP contribution in [-0.4, -0.2) is 28.3 Å². The number of nitrogens with zero attached hydrogens (tertiary/aromatic N) is 3. The Kier molecular flexibility index (Phi) is 5.99. The van der Waals surface area contributed by atoms with Gasteiger partial charge in [-0.05, 0) is 53.6 Å². The Hall–Kier alpha value is -4.52. The summed E-state index contributed by atoms with van der Waals surface area (Å²) >= 11 is 0. The van der Waals surface area contributed by atoms with Crippen molar-refractivity contribution in [2.45, 2.75) is 6.54 Å². The minimum absolute atomic E-state index is 0.172. The highest BCUT2D eigenvalue weighted by molar-refractivity contribution is 5.90. The Labute approximate surface area is 195 Å². The van der Waals surface area contributed by atoms with Crippen LogP contribution in [0.1, 0.15) is 11.1 Å². The number of pyridine rings is 1. The van der Waals surface area contributed by atoms with Gasteiger partial charge in [-0.25, -0.2) is 9.82 Å². The molecule has 0 aliphatic rings. The molecule has 1 N–H and O–H groups in total. The second-order valence-corrected chi connectivity index (χ2v) is 7.80. The normalized spacial score (nSPS) is 11.3. The monoisotopic (exact) mass is 452 g/mol. The molecule has 5 rings (SSSR count). The number of nitrogens with one attached hydrogen (secondary N) is 1. The second-order valence-electron chi connectivity index (χ2n) is 7.80. The Morgan fingerprint density at radius 1 is 1.03 bits per heavy atom. The summed E-state index contributed by atoms with van der Waals surface area (Å²) in [6.45, 7) is 0.409. The third-order valence-corrected chi connectivity index (χ3v) is 5.39. The van der Waals surface area contributed by atoms with Crippen LogP contribution in [-0.2, 0) is 11.3 Å². The number of ether oxygens (including phenoxy) is 1. The molecule has 168 valence electrons. The Balaban J connectivity index is 1.20. The van der Waals surface area contributed by atoms with E-state index in [2.05, 4.69) is 20.1 Å². The van der Waals surface area contributed by atoms with E-state index in [1.54, 1.807) is 24.5 Å². The summed E-state index contributed by atoms with van der Waals surface area (Å²) < 4.78 is 21.2. The van der Waals surface area contributed by atoms with Gasteiger partial charge >= 0.3 is 0 Å². The van der Waals surface area contributed by atoms with E-state index in [0.717, 1.165) is 27.4 Å². The Bertz CT molecular complexity index is 1500. The van der Waals surface area contributed by atoms with Crippen molar-refractivity contribution >= 4 is 33.9 Å². The van der Waals surface area contributed by atoms with Crippen LogP contribution in [0.5, 0.6) is 5.75 Å². The molecule has 1 amide bonds. The minimum atomic E-state index is -0.369. The lowest BCUT2D eigenvalue weighted by molar-refractivity contribution is -0.123. The van der Waals surface area contributed by atoms with E-state index < -0.39 is 0 Å². The van der Waals surface area contributed by atoms with Crippen molar-refractivity contribution in [1.82, 2.24) is 15.0 Å². The van der Waals surface area contributed by atoms with E-state index in [9.17, 15) is 9.18 Å². The average Bonchev–Trinajstić information content (AvgIpc) is 3.24. The maximum absolute atomic E-state index is 13.5. The molecule has 0 saturated carbocycles. The van der Waals surface area contributed by atoms with Crippen LogP contribution in [0, 0.1) is 5.82 Å². The molecule has 0 fully saturated rings. The van der Waals surface area contributed by atoms with Gasteiger partial charge in [0.15, 0.2) is 6.61 Å². The van der Waals surface area contributed by atoms with Gasteiger partial charge in [-0.3, -0.25) is 9.78 Å². The van der Waals surface area contributed by atoms with Crippen LogP contribution in [0.15, 0.2) is 96.4 Å². The van der Waals surface area contributed by atoms with E-state index in [4.69, 9.17) is 4.74 Å². The molecule has 0 radical (unpaired) electrons. The Morgan fingerprint density at radius 2 is 1.91 bits per heavy atom. The zero-order valence-corrected chi connectivity index (χ0v) is 18.2. The number of carbonyl (C=O) groups excluding carboxylic acids is 1. The first-order valence-electron chi connectivity index (χ1n) is 10.8. The van der Waals surface area contributed by atoms with E-state index in [1.807, 2.05) is 60.8 Å². The fourth-order valence-electron chi connectivity index (χ4n) is 3.82. The molecular weight excluding hydrogens is 431 g/mol. The molecular formula is C27H21FN4O2. The summed E-state index contributed by atoms with van der Waals surface area (Å²) in [6.07, 6.45) is 5.24. The number of carbonyl (C=O) groups is 1. The van der Waals surface area contributed by atoms with Crippen molar-refractivity contribution in [2.24, 2.45) is 5.10 Å². The van der Waals surface area contributed by atoms with Crippen LogP contribution in [0.2, 0.25) is 0 Å². The number of para-hydroxylation sites is 1. The number of amides is 1. The molecule has 2 aromatic heterocycles. The highest BCUT2D eigenvalue weighted by Crippen LogP contribution is 2.23. The van der Waals surface area contributed by atoms with E-state index in [1.165, 1.54) is 12.1 Å². The number of aromatic nitrogens is 2. The lowest BCUT2D eigenvalue weighted by Gasteiger charge is -2.07. The standard InChI is InChI=1S/C27H21FN4O2/c28-23-7-1-4-20(15-23)17-32-13-11-22-14-19(9-10-24(22)32)16-30-31-26(33)18-34-25-8-2-5-21-6-3-12-29-27(21)25/h1-16H,17-18H2,(H,31,33)/b30-16+. The molecule has 7 heteroatoms. The van der Waals surface area contributed by atoms with E-state index >= 15 is 0 Å². The number of rotatable bonds is 7. The summed E-state index contributed by atoms with van der Waals surface area (Å²) in [7, 11) is 0. The second kappa shape index (κ2) is 9.54. The van der Waals surface area contributed by atoms with E-state index in [0.29, 0.717) is 17.8 Å². The maximum atomic E-state index is 13.5. The van der Waals surface area contributed by atoms with Crippen molar-refractivity contribution in [3.63, 3.8) is 0 Å². The van der Waals surface area contributed by atoms with Crippen molar-refractivity contribution in [2.75, 3.05) is 6.61 Å². The molecule has 0 aliphatic carbocycles. The molecule has 0 atom stereocenters. The fraction of sp³-hybridized carbons (Fsp3) is 0.0741. The molecule has 6 nitrogen and oxygen atoms in total. The number of hydrazone groups is 1. The van der Waals surface area contributed by atoms with Gasteiger partial charge in [0.1, 0.15) is 17.1 Å². The maximum Gasteiger partial charge on any atom is 0.277 e. The highest BCUT2D eigenvalue weighted by Gasteiger charge is 2.07. The predicted molar refractivity (Wildman–Crippen MR) is 130 cm³/mol. The summed E-state index contributed by atoms with van der Waals surface area (Å²) in [5.41, 5.74) is 5.96. The molecule has 5 aromatic rings. The van der Waals surface area contributed by atoms with Crippen LogP contribution >= 0.6 is 0 Å². The van der Waals surface area contributed by atoms with Gasteiger partial charge in [-0.1, -0.05) is 36.4 Å². The van der Waals surface area contributed by atoms with Gasteiger partial charge in [-0.2, -0.15) is 5.10 Å². The molecule has 0 spiro atoms. The highest BCUT2D eigenvalue weighted by atomic mass is 19.1. The largest absolute Gasteiger partial charge is 0.481 e. The topological polar surface area (TPSA) is 68.5 Å². The number of hydrogen-bond acceptors (Lipinski definition) is 4. The summed E-state index contributed by atoms with van der Waals surface area (Å²) in [5, 5.41) is 6.01. The SMILES string of the molecule is O=C(COc1cccc2cccnc12)N/N=C/c1ccc2c(ccn2Cc2cccc(F)c2)c1. The molecule has 0 aliphatic heterocycles. The third kappa shape index (κ3) is 4.78. The van der Waals surface area contributed by atoms with Crippen molar-refractivity contribution in [3.8, 4) is 5.75 Å². The molecule has 0 bridgehead atoms. The lowest BCUT2D eigenvalue weighted by atomic mass is 10.1. The van der Waals surface area contributed by atoms with Crippen LogP contribution in [0.3, 0.4) is 0 Å². The molecule has 3 aromatic carbocycles. The zero-order chi connectivity index (χ0) is 23.3. The van der Waals surface area contributed by atoms with Gasteiger partial charge < -0.3 is 9.30 Å². The number of halogens is 1. The van der Waals surface area contributed by atoms with Gasteiger partial charge in [-0.15, -0.1) is 0 Å². The first-order valence-corrected chi connectivity index (χ1v) is 10.8. The van der Waals surface area contributed by atoms with Gasteiger partial charge in [0.05, 0.1) is 6.21 Å². The van der Waals surface area contributed by atoms with Gasteiger partial charge in [0, 0.05) is 35.2 Å². The molecule has 2 heterocycles. The van der Waals surface area contributed by atoms with Crippen LogP contribution < -0.4 is 10.2 Å².